The van der Waals surface area contributed by atoms with E-state index in [0.717, 1.165) is 17.0 Å². The third-order valence-electron chi connectivity index (χ3n) is 4.03. The second-order valence-electron chi connectivity index (χ2n) is 5.67. The van der Waals surface area contributed by atoms with Gasteiger partial charge in [-0.25, -0.2) is 0 Å². The molecule has 2 heterocycles. The Morgan fingerprint density at radius 2 is 2.09 bits per heavy atom. The topological polar surface area (TPSA) is 53.2 Å². The lowest BCUT2D eigenvalue weighted by Gasteiger charge is -2.17. The molecule has 0 saturated carbocycles. The highest BCUT2D eigenvalue weighted by molar-refractivity contribution is 6.31. The summed E-state index contributed by atoms with van der Waals surface area (Å²) in [4.78, 5) is 28.8. The van der Waals surface area contributed by atoms with Gasteiger partial charge in [-0.15, -0.1) is 0 Å². The van der Waals surface area contributed by atoms with Crippen LogP contribution in [-0.2, 0) is 0 Å². The van der Waals surface area contributed by atoms with Crippen molar-refractivity contribution in [3.63, 3.8) is 0 Å². The molecule has 114 valence electrons. The second-order valence-corrected chi connectivity index (χ2v) is 6.08. The van der Waals surface area contributed by atoms with Crippen LogP contribution in [0.4, 0.5) is 0 Å². The zero-order chi connectivity index (χ0) is 15.7. The highest BCUT2D eigenvalue weighted by Gasteiger charge is 2.29. The van der Waals surface area contributed by atoms with Gasteiger partial charge in [-0.2, -0.15) is 0 Å². The van der Waals surface area contributed by atoms with Crippen molar-refractivity contribution < 1.29 is 4.79 Å². The number of pyridine rings is 1. The van der Waals surface area contributed by atoms with Crippen LogP contribution in [-0.4, -0.2) is 28.9 Å². The van der Waals surface area contributed by atoms with E-state index in [1.165, 1.54) is 12.1 Å². The maximum Gasteiger partial charge on any atom is 0.270 e. The van der Waals surface area contributed by atoms with Crippen molar-refractivity contribution in [3.8, 4) is 0 Å². The third-order valence-corrected chi connectivity index (χ3v) is 4.37. The molecule has 22 heavy (non-hydrogen) atoms. The summed E-state index contributed by atoms with van der Waals surface area (Å²) in [6.07, 6.45) is 0.880. The first-order chi connectivity index (χ1) is 10.5. The average molecular weight is 317 g/mol. The second kappa shape index (κ2) is 5.97. The molecule has 5 heteroatoms. The van der Waals surface area contributed by atoms with Gasteiger partial charge in [-0.3, -0.25) is 9.59 Å². The normalized spacial score (nSPS) is 17.7. The maximum absolute atomic E-state index is 12.5. The van der Waals surface area contributed by atoms with Gasteiger partial charge in [0.15, 0.2) is 5.43 Å². The quantitative estimate of drug-likeness (QED) is 0.926. The van der Waals surface area contributed by atoms with E-state index in [0.29, 0.717) is 24.5 Å². The van der Waals surface area contributed by atoms with Gasteiger partial charge in [0.1, 0.15) is 5.69 Å². The Bertz CT molecular complexity index is 769. The first-order valence-electron chi connectivity index (χ1n) is 7.29. The fourth-order valence-corrected chi connectivity index (χ4v) is 3.26. The summed E-state index contributed by atoms with van der Waals surface area (Å²) in [5.41, 5.74) is 1.97. The van der Waals surface area contributed by atoms with E-state index in [4.69, 9.17) is 11.6 Å². The van der Waals surface area contributed by atoms with Crippen molar-refractivity contribution in [1.29, 1.82) is 0 Å². The molecular formula is C17H17ClN2O2. The molecule has 2 aromatic rings. The molecule has 3 rings (SSSR count). The van der Waals surface area contributed by atoms with Crippen LogP contribution >= 0.6 is 11.6 Å². The standard InChI is InChI=1S/C17H17ClN2O2/c1-11-8-13(21)9-16(19-11)17(22)20-7-6-12(10-20)14-4-2-3-5-15(14)18/h2-5,8-9,12H,6-7,10H2,1H3,(H,19,21)/t12-/m0/s1. The minimum Gasteiger partial charge on any atom is -0.354 e. The number of aromatic nitrogens is 1. The number of likely N-dealkylation sites (tertiary alicyclic amines) is 1. The Morgan fingerprint density at radius 3 is 2.82 bits per heavy atom. The number of carbonyl (C=O) groups is 1. The van der Waals surface area contributed by atoms with Crippen LogP contribution in [0.1, 0.15) is 34.1 Å². The molecule has 4 nitrogen and oxygen atoms in total. The minimum absolute atomic E-state index is 0.129. The average Bonchev–Trinajstić information content (AvgIpc) is 2.95. The Labute approximate surface area is 133 Å². The van der Waals surface area contributed by atoms with E-state index in [1.807, 2.05) is 24.3 Å². The number of carbonyl (C=O) groups excluding carboxylic acids is 1. The summed E-state index contributed by atoms with van der Waals surface area (Å²) in [5.74, 6) is 0.115. The molecule has 0 bridgehead atoms. The van der Waals surface area contributed by atoms with Gasteiger partial charge < -0.3 is 9.88 Å². The van der Waals surface area contributed by atoms with Crippen LogP contribution in [0.15, 0.2) is 41.2 Å². The van der Waals surface area contributed by atoms with Gasteiger partial charge >= 0.3 is 0 Å². The predicted octanol–water partition coefficient (Wildman–Crippen LogP) is 2.97. The molecule has 1 fully saturated rings. The number of aryl methyl sites for hydroxylation is 1. The van der Waals surface area contributed by atoms with E-state index >= 15 is 0 Å². The summed E-state index contributed by atoms with van der Waals surface area (Å²) in [6, 6.07) is 10.6. The van der Waals surface area contributed by atoms with Crippen LogP contribution in [0.5, 0.6) is 0 Å². The van der Waals surface area contributed by atoms with Crippen LogP contribution < -0.4 is 5.43 Å². The minimum atomic E-state index is -0.151. The number of nitrogens with zero attached hydrogens (tertiary/aromatic N) is 1. The molecule has 1 atom stereocenters. The molecule has 1 saturated heterocycles. The number of nitrogens with one attached hydrogen (secondary N) is 1. The first-order valence-corrected chi connectivity index (χ1v) is 7.67. The number of aromatic amines is 1. The molecule has 0 unspecified atom stereocenters. The van der Waals surface area contributed by atoms with Crippen molar-refractivity contribution in [2.45, 2.75) is 19.3 Å². The summed E-state index contributed by atoms with van der Waals surface area (Å²) in [6.45, 7) is 3.07. The number of rotatable bonds is 2. The van der Waals surface area contributed by atoms with Gasteiger partial charge in [0.25, 0.3) is 5.91 Å². The van der Waals surface area contributed by atoms with E-state index in [9.17, 15) is 9.59 Å². The molecule has 0 radical (unpaired) electrons. The summed E-state index contributed by atoms with van der Waals surface area (Å²) >= 11 is 6.24. The van der Waals surface area contributed by atoms with Crippen LogP contribution in [0, 0.1) is 6.92 Å². The van der Waals surface area contributed by atoms with Crippen molar-refractivity contribution in [1.82, 2.24) is 9.88 Å². The van der Waals surface area contributed by atoms with Crippen molar-refractivity contribution in [2.24, 2.45) is 0 Å². The molecule has 1 N–H and O–H groups in total. The highest BCUT2D eigenvalue weighted by atomic mass is 35.5. The fraction of sp³-hybridized carbons (Fsp3) is 0.294. The smallest absolute Gasteiger partial charge is 0.270 e. The van der Waals surface area contributed by atoms with E-state index in [-0.39, 0.29) is 17.3 Å². The van der Waals surface area contributed by atoms with E-state index in [1.54, 1.807) is 11.8 Å². The van der Waals surface area contributed by atoms with Crippen molar-refractivity contribution in [2.75, 3.05) is 13.1 Å². The lowest BCUT2D eigenvalue weighted by atomic mass is 9.98. The zero-order valence-corrected chi connectivity index (χ0v) is 13.1. The predicted molar refractivity (Wildman–Crippen MR) is 86.5 cm³/mol. The van der Waals surface area contributed by atoms with E-state index < -0.39 is 0 Å². The molecule has 1 aromatic carbocycles. The Morgan fingerprint density at radius 1 is 1.32 bits per heavy atom. The number of amides is 1. The third kappa shape index (κ3) is 2.92. The molecule has 0 aliphatic carbocycles. The molecule has 1 aromatic heterocycles. The van der Waals surface area contributed by atoms with Crippen molar-refractivity contribution >= 4 is 17.5 Å². The Balaban J connectivity index is 1.79. The molecule has 1 aliphatic rings. The number of H-pyrrole nitrogens is 1. The van der Waals surface area contributed by atoms with Gasteiger partial charge in [0, 0.05) is 41.9 Å². The SMILES string of the molecule is Cc1cc(=O)cc(C(=O)N2CC[C@H](c3ccccc3Cl)C2)[nH]1. The van der Waals surface area contributed by atoms with Gasteiger partial charge in [-0.1, -0.05) is 29.8 Å². The van der Waals surface area contributed by atoms with Crippen molar-refractivity contribution in [3.05, 3.63) is 68.6 Å². The Hall–Kier alpha value is -2.07. The number of benzene rings is 1. The lowest BCUT2D eigenvalue weighted by Crippen LogP contribution is -2.30. The maximum atomic E-state index is 12.5. The molecule has 1 aliphatic heterocycles. The van der Waals surface area contributed by atoms with Crippen LogP contribution in [0.3, 0.4) is 0 Å². The molecular weight excluding hydrogens is 300 g/mol. The molecule has 0 spiro atoms. The first kappa shape index (κ1) is 14.9. The largest absolute Gasteiger partial charge is 0.354 e. The number of halogens is 1. The van der Waals surface area contributed by atoms with Crippen LogP contribution in [0.25, 0.3) is 0 Å². The highest BCUT2D eigenvalue weighted by Crippen LogP contribution is 2.32. The Kier molecular flexibility index (Phi) is 4.03. The monoisotopic (exact) mass is 316 g/mol. The summed E-state index contributed by atoms with van der Waals surface area (Å²) in [5, 5.41) is 0.741. The zero-order valence-electron chi connectivity index (χ0n) is 12.3. The summed E-state index contributed by atoms with van der Waals surface area (Å²) < 4.78 is 0. The van der Waals surface area contributed by atoms with E-state index in [2.05, 4.69) is 4.98 Å². The summed E-state index contributed by atoms with van der Waals surface area (Å²) in [7, 11) is 0. The van der Waals surface area contributed by atoms with Gasteiger partial charge in [0.05, 0.1) is 0 Å². The van der Waals surface area contributed by atoms with Gasteiger partial charge in [0.2, 0.25) is 0 Å². The van der Waals surface area contributed by atoms with Crippen LogP contribution in [0.2, 0.25) is 5.02 Å². The molecule has 1 amide bonds. The lowest BCUT2D eigenvalue weighted by molar-refractivity contribution is 0.0784. The number of hydrogen-bond donors (Lipinski definition) is 1. The van der Waals surface area contributed by atoms with Gasteiger partial charge in [-0.05, 0) is 25.0 Å². The number of hydrogen-bond acceptors (Lipinski definition) is 2. The fourth-order valence-electron chi connectivity index (χ4n) is 2.97.